The Morgan fingerprint density at radius 1 is 0.679 bits per heavy atom. The zero-order chi connectivity index (χ0) is 20.4. The van der Waals surface area contributed by atoms with Gasteiger partial charge in [0.25, 0.3) is 0 Å². The van der Waals surface area contributed by atoms with Crippen LogP contribution in [0.4, 0.5) is 26.3 Å². The number of rotatable bonds is 4. The van der Waals surface area contributed by atoms with E-state index in [1.807, 2.05) is 0 Å². The van der Waals surface area contributed by atoms with Crippen LogP contribution in [0.3, 0.4) is 0 Å². The highest BCUT2D eigenvalue weighted by Crippen LogP contribution is 2.31. The van der Waals surface area contributed by atoms with Crippen LogP contribution in [0, 0.1) is 23.3 Å². The van der Waals surface area contributed by atoms with Gasteiger partial charge in [0.2, 0.25) is 0 Å². The first kappa shape index (κ1) is 19.7. The Labute approximate surface area is 157 Å². The van der Waals surface area contributed by atoms with Crippen LogP contribution in [-0.2, 0) is 0 Å². The summed E-state index contributed by atoms with van der Waals surface area (Å²) in [5.74, 6) is -7.03. The first-order chi connectivity index (χ1) is 13.3. The van der Waals surface area contributed by atoms with Gasteiger partial charge in [0.1, 0.15) is 11.6 Å². The summed E-state index contributed by atoms with van der Waals surface area (Å²) in [7, 11) is 0. The minimum absolute atomic E-state index is 0.0647. The second-order valence-corrected chi connectivity index (χ2v) is 6.10. The Morgan fingerprint density at radius 3 is 1.75 bits per heavy atom. The third kappa shape index (κ3) is 3.81. The molecular weight excluding hydrogens is 378 g/mol. The van der Waals surface area contributed by atoms with Crippen LogP contribution in [-0.4, -0.2) is 0 Å². The van der Waals surface area contributed by atoms with Gasteiger partial charge in [-0.3, -0.25) is 0 Å². The normalized spacial score (nSPS) is 12.1. The lowest BCUT2D eigenvalue weighted by atomic mass is 9.98. The van der Waals surface area contributed by atoms with Crippen LogP contribution in [0.15, 0.2) is 60.4 Å². The quantitative estimate of drug-likeness (QED) is 0.317. The van der Waals surface area contributed by atoms with Crippen molar-refractivity contribution < 1.29 is 26.3 Å². The van der Waals surface area contributed by atoms with Gasteiger partial charge in [0.05, 0.1) is 0 Å². The molecule has 0 atom stereocenters. The third-order valence-electron chi connectivity index (χ3n) is 4.28. The van der Waals surface area contributed by atoms with Gasteiger partial charge in [0.15, 0.2) is 23.3 Å². The largest absolute Gasteiger partial charge is 0.209 e. The van der Waals surface area contributed by atoms with E-state index in [2.05, 4.69) is 0 Å². The van der Waals surface area contributed by atoms with Crippen molar-refractivity contribution >= 4 is 5.83 Å². The van der Waals surface area contributed by atoms with E-state index in [9.17, 15) is 26.3 Å². The minimum atomic E-state index is -1.62. The molecule has 0 heterocycles. The lowest BCUT2D eigenvalue weighted by Gasteiger charge is -2.09. The molecular formula is C22H14F6. The van der Waals surface area contributed by atoms with Crippen LogP contribution in [0.25, 0.3) is 28.1 Å². The van der Waals surface area contributed by atoms with Crippen molar-refractivity contribution in [3.63, 3.8) is 0 Å². The van der Waals surface area contributed by atoms with Gasteiger partial charge in [-0.25, -0.2) is 26.3 Å². The van der Waals surface area contributed by atoms with Crippen molar-refractivity contribution in [3.8, 4) is 22.3 Å². The average molecular weight is 392 g/mol. The molecule has 0 aliphatic heterocycles. The topological polar surface area (TPSA) is 0 Å². The molecule has 3 aromatic rings. The molecule has 0 aliphatic rings. The number of hydrogen-bond donors (Lipinski definition) is 0. The Kier molecular flexibility index (Phi) is 5.58. The molecule has 3 aromatic carbocycles. The second-order valence-electron chi connectivity index (χ2n) is 6.10. The Morgan fingerprint density at radius 2 is 1.21 bits per heavy atom. The van der Waals surface area contributed by atoms with Crippen molar-refractivity contribution in [1.29, 1.82) is 0 Å². The van der Waals surface area contributed by atoms with Crippen LogP contribution >= 0.6 is 0 Å². The summed E-state index contributed by atoms with van der Waals surface area (Å²) in [5.41, 5.74) is 0.791. The summed E-state index contributed by atoms with van der Waals surface area (Å²) in [6.07, 6.45) is -0.0647. The lowest BCUT2D eigenvalue weighted by Crippen LogP contribution is -1.94. The van der Waals surface area contributed by atoms with Crippen LogP contribution in [0.2, 0.25) is 0 Å². The first-order valence-corrected chi connectivity index (χ1v) is 8.41. The molecule has 0 amide bonds. The Hall–Kier alpha value is -3.02. The van der Waals surface area contributed by atoms with Crippen molar-refractivity contribution in [2.75, 3.05) is 0 Å². The van der Waals surface area contributed by atoms with Crippen molar-refractivity contribution in [2.45, 2.75) is 13.3 Å². The molecule has 0 aliphatic carbocycles. The van der Waals surface area contributed by atoms with Gasteiger partial charge in [0, 0.05) is 11.1 Å². The molecule has 0 N–H and O–H groups in total. The van der Waals surface area contributed by atoms with Crippen LogP contribution in [0.5, 0.6) is 0 Å². The molecule has 28 heavy (non-hydrogen) atoms. The molecule has 0 saturated carbocycles. The van der Waals surface area contributed by atoms with E-state index in [1.54, 1.807) is 0 Å². The Balaban J connectivity index is 1.95. The van der Waals surface area contributed by atoms with Crippen molar-refractivity contribution in [3.05, 3.63) is 89.3 Å². The molecule has 0 unspecified atom stereocenters. The maximum Gasteiger partial charge on any atom is 0.194 e. The van der Waals surface area contributed by atoms with Gasteiger partial charge in [-0.15, -0.1) is 0 Å². The average Bonchev–Trinajstić information content (AvgIpc) is 2.70. The highest BCUT2D eigenvalue weighted by molar-refractivity contribution is 5.72. The van der Waals surface area contributed by atoms with Gasteiger partial charge in [-0.05, 0) is 41.3 Å². The maximum absolute atomic E-state index is 14.5. The fourth-order valence-corrected chi connectivity index (χ4v) is 2.76. The van der Waals surface area contributed by atoms with E-state index >= 15 is 0 Å². The smallest absolute Gasteiger partial charge is 0.194 e. The summed E-state index contributed by atoms with van der Waals surface area (Å²) in [5, 5.41) is 0. The fraction of sp³-hybridized carbons (Fsp3) is 0.0909. The zero-order valence-corrected chi connectivity index (χ0v) is 14.7. The second kappa shape index (κ2) is 7.92. The van der Waals surface area contributed by atoms with Crippen LogP contribution < -0.4 is 0 Å². The van der Waals surface area contributed by atoms with E-state index in [4.69, 9.17) is 0 Å². The standard InChI is InChI=1S/C22H14F6/c1-2-17(23)21(27)13-5-3-12(4-6-13)14-7-8-16(18(24)9-14)15-10-19(25)22(28)20(26)11-15/h3-11H,2H2,1H3/b21-17-. The van der Waals surface area contributed by atoms with E-state index < -0.39 is 34.9 Å². The molecule has 0 saturated heterocycles. The highest BCUT2D eigenvalue weighted by Gasteiger charge is 2.15. The predicted octanol–water partition coefficient (Wildman–Crippen LogP) is 7.59. The summed E-state index contributed by atoms with van der Waals surface area (Å²) in [6, 6.07) is 11.1. The molecule has 0 spiro atoms. The zero-order valence-electron chi connectivity index (χ0n) is 14.7. The molecule has 6 heteroatoms. The van der Waals surface area contributed by atoms with E-state index in [-0.39, 0.29) is 23.1 Å². The summed E-state index contributed by atoms with van der Waals surface area (Å²) >= 11 is 0. The minimum Gasteiger partial charge on any atom is -0.209 e. The fourth-order valence-electron chi connectivity index (χ4n) is 2.76. The van der Waals surface area contributed by atoms with Crippen molar-refractivity contribution in [2.24, 2.45) is 0 Å². The summed E-state index contributed by atoms with van der Waals surface area (Å²) in [4.78, 5) is 0. The van der Waals surface area contributed by atoms with E-state index in [0.29, 0.717) is 23.3 Å². The predicted molar refractivity (Wildman–Crippen MR) is 96.6 cm³/mol. The van der Waals surface area contributed by atoms with Gasteiger partial charge < -0.3 is 0 Å². The molecule has 3 rings (SSSR count). The molecule has 0 fully saturated rings. The molecule has 144 valence electrons. The van der Waals surface area contributed by atoms with Gasteiger partial charge in [-0.1, -0.05) is 43.3 Å². The van der Waals surface area contributed by atoms with E-state index in [1.165, 1.54) is 43.3 Å². The third-order valence-corrected chi connectivity index (χ3v) is 4.28. The number of hydrogen-bond acceptors (Lipinski definition) is 0. The van der Waals surface area contributed by atoms with Gasteiger partial charge in [-0.2, -0.15) is 0 Å². The molecule has 0 bridgehead atoms. The van der Waals surface area contributed by atoms with Crippen molar-refractivity contribution in [1.82, 2.24) is 0 Å². The molecule has 0 radical (unpaired) electrons. The van der Waals surface area contributed by atoms with E-state index in [0.717, 1.165) is 6.07 Å². The number of benzene rings is 3. The first-order valence-electron chi connectivity index (χ1n) is 8.41. The SMILES string of the molecule is CC/C(F)=C(/F)c1ccc(-c2ccc(-c3cc(F)c(F)c(F)c3)c(F)c2)cc1. The summed E-state index contributed by atoms with van der Waals surface area (Å²) in [6.45, 7) is 1.49. The molecule has 0 aromatic heterocycles. The maximum atomic E-state index is 14.5. The van der Waals surface area contributed by atoms with Crippen LogP contribution in [0.1, 0.15) is 18.9 Å². The highest BCUT2D eigenvalue weighted by atomic mass is 19.2. The summed E-state index contributed by atoms with van der Waals surface area (Å²) < 4.78 is 81.5. The lowest BCUT2D eigenvalue weighted by molar-refractivity contribution is 0.447. The number of allylic oxidation sites excluding steroid dienone is 1. The monoisotopic (exact) mass is 392 g/mol. The van der Waals surface area contributed by atoms with Gasteiger partial charge >= 0.3 is 0 Å². The Bertz CT molecular complexity index is 1030. The molecule has 0 nitrogen and oxygen atoms in total. The number of halogens is 6.